The van der Waals surface area contributed by atoms with Crippen LogP contribution in [0.3, 0.4) is 0 Å². The molecular weight excluding hydrogens is 228 g/mol. The van der Waals surface area contributed by atoms with Crippen LogP contribution in [0.2, 0.25) is 0 Å². The van der Waals surface area contributed by atoms with E-state index >= 15 is 0 Å². The molecule has 0 unspecified atom stereocenters. The molecule has 0 fully saturated rings. The van der Waals surface area contributed by atoms with Crippen molar-refractivity contribution in [3.63, 3.8) is 0 Å². The highest BCUT2D eigenvalue weighted by atomic mass is 16.5. The van der Waals surface area contributed by atoms with Gasteiger partial charge < -0.3 is 9.47 Å². The molecule has 92 valence electrons. The Morgan fingerprint density at radius 1 is 0.833 bits per heavy atom. The molecule has 0 spiro atoms. The molecule has 0 aromatic heterocycles. The zero-order valence-electron chi connectivity index (χ0n) is 10.3. The van der Waals surface area contributed by atoms with Crippen molar-refractivity contribution in [1.29, 1.82) is 0 Å². The van der Waals surface area contributed by atoms with Crippen molar-refractivity contribution in [2.75, 3.05) is 14.2 Å². The second-order valence-electron chi connectivity index (χ2n) is 3.84. The molecule has 0 amide bonds. The summed E-state index contributed by atoms with van der Waals surface area (Å²) in [5.74, 6) is 1.48. The molecule has 2 aromatic carbocycles. The van der Waals surface area contributed by atoms with Crippen LogP contribution < -0.4 is 9.47 Å². The van der Waals surface area contributed by atoms with E-state index in [1.165, 1.54) is 0 Å². The van der Waals surface area contributed by atoms with Crippen molar-refractivity contribution >= 4 is 6.29 Å². The van der Waals surface area contributed by atoms with Crippen LogP contribution in [0.25, 0.3) is 11.1 Å². The van der Waals surface area contributed by atoms with Crippen LogP contribution in [0.15, 0.2) is 42.5 Å². The molecule has 0 heterocycles. The van der Waals surface area contributed by atoms with E-state index in [0.29, 0.717) is 5.56 Å². The van der Waals surface area contributed by atoms with Crippen LogP contribution in [0.4, 0.5) is 0 Å². The monoisotopic (exact) mass is 242 g/mol. The molecule has 3 heteroatoms. The zero-order valence-corrected chi connectivity index (χ0v) is 10.3. The Labute approximate surface area is 106 Å². The first-order valence-electron chi connectivity index (χ1n) is 5.55. The minimum Gasteiger partial charge on any atom is -0.497 e. The average Bonchev–Trinajstić information content (AvgIpc) is 2.46. The van der Waals surface area contributed by atoms with Gasteiger partial charge in [0, 0.05) is 11.6 Å². The number of rotatable bonds is 4. The molecule has 18 heavy (non-hydrogen) atoms. The number of methoxy groups -OCH3 is 2. The standard InChI is InChI=1S/C15H14O3/c1-17-14-7-13(8-15(9-14)18-2)12-5-3-11(10-16)4-6-12/h3-10H,1-2H3. The van der Waals surface area contributed by atoms with E-state index in [-0.39, 0.29) is 0 Å². The van der Waals surface area contributed by atoms with Crippen LogP contribution >= 0.6 is 0 Å². The van der Waals surface area contributed by atoms with Gasteiger partial charge in [0.2, 0.25) is 0 Å². The lowest BCUT2D eigenvalue weighted by atomic mass is 10.0. The molecule has 0 saturated heterocycles. The van der Waals surface area contributed by atoms with Gasteiger partial charge in [-0.1, -0.05) is 24.3 Å². The number of aldehydes is 1. The molecule has 0 aliphatic heterocycles. The van der Waals surface area contributed by atoms with E-state index < -0.39 is 0 Å². The minimum atomic E-state index is 0.661. The molecule has 0 radical (unpaired) electrons. The normalized spacial score (nSPS) is 9.89. The number of carbonyl (C=O) groups is 1. The number of hydrogen-bond donors (Lipinski definition) is 0. The van der Waals surface area contributed by atoms with Crippen LogP contribution in [-0.2, 0) is 0 Å². The SMILES string of the molecule is COc1cc(OC)cc(-c2ccc(C=O)cc2)c1. The summed E-state index contributed by atoms with van der Waals surface area (Å²) in [6.45, 7) is 0. The maximum absolute atomic E-state index is 10.6. The van der Waals surface area contributed by atoms with Crippen LogP contribution in [0, 0.1) is 0 Å². The highest BCUT2D eigenvalue weighted by Crippen LogP contribution is 2.29. The maximum atomic E-state index is 10.6. The number of carbonyl (C=O) groups excluding carboxylic acids is 1. The van der Waals surface area contributed by atoms with Gasteiger partial charge in [-0.15, -0.1) is 0 Å². The third kappa shape index (κ3) is 2.51. The van der Waals surface area contributed by atoms with E-state index in [2.05, 4.69) is 0 Å². The summed E-state index contributed by atoms with van der Waals surface area (Å²) in [4.78, 5) is 10.6. The van der Waals surface area contributed by atoms with E-state index in [0.717, 1.165) is 28.9 Å². The van der Waals surface area contributed by atoms with Crippen LogP contribution in [-0.4, -0.2) is 20.5 Å². The van der Waals surface area contributed by atoms with Crippen molar-refractivity contribution in [3.05, 3.63) is 48.0 Å². The molecule has 2 aromatic rings. The summed E-state index contributed by atoms with van der Waals surface area (Å²) in [7, 11) is 3.24. The second-order valence-corrected chi connectivity index (χ2v) is 3.84. The van der Waals surface area contributed by atoms with Gasteiger partial charge in [0.25, 0.3) is 0 Å². The Bertz CT molecular complexity index is 522. The lowest BCUT2D eigenvalue weighted by Crippen LogP contribution is -1.89. The molecule has 0 bridgehead atoms. The summed E-state index contributed by atoms with van der Waals surface area (Å²) in [6, 6.07) is 13.1. The molecule has 0 aliphatic carbocycles. The predicted molar refractivity (Wildman–Crippen MR) is 70.4 cm³/mol. The number of ether oxygens (including phenoxy) is 2. The lowest BCUT2D eigenvalue weighted by Gasteiger charge is -2.08. The largest absolute Gasteiger partial charge is 0.497 e. The zero-order chi connectivity index (χ0) is 13.0. The van der Waals surface area contributed by atoms with E-state index in [1.807, 2.05) is 30.3 Å². The van der Waals surface area contributed by atoms with E-state index in [1.54, 1.807) is 26.4 Å². The molecule has 0 N–H and O–H groups in total. The molecule has 3 nitrogen and oxygen atoms in total. The summed E-state index contributed by atoms with van der Waals surface area (Å²) < 4.78 is 10.5. The first-order valence-corrected chi connectivity index (χ1v) is 5.55. The average molecular weight is 242 g/mol. The van der Waals surface area contributed by atoms with Gasteiger partial charge in [-0.25, -0.2) is 0 Å². The maximum Gasteiger partial charge on any atom is 0.150 e. The van der Waals surface area contributed by atoms with Gasteiger partial charge in [-0.3, -0.25) is 4.79 Å². The first-order chi connectivity index (χ1) is 8.76. The van der Waals surface area contributed by atoms with Gasteiger partial charge in [0.1, 0.15) is 17.8 Å². The highest BCUT2D eigenvalue weighted by Gasteiger charge is 2.04. The second kappa shape index (κ2) is 5.36. The Balaban J connectivity index is 2.44. The van der Waals surface area contributed by atoms with Crippen molar-refractivity contribution < 1.29 is 14.3 Å². The van der Waals surface area contributed by atoms with Crippen LogP contribution in [0.1, 0.15) is 10.4 Å². The Morgan fingerprint density at radius 2 is 1.39 bits per heavy atom. The van der Waals surface area contributed by atoms with Gasteiger partial charge >= 0.3 is 0 Å². The van der Waals surface area contributed by atoms with Gasteiger partial charge in [0.05, 0.1) is 14.2 Å². The minimum absolute atomic E-state index is 0.661. The van der Waals surface area contributed by atoms with Crippen LogP contribution in [0.5, 0.6) is 11.5 Å². The lowest BCUT2D eigenvalue weighted by molar-refractivity contribution is 0.112. The Morgan fingerprint density at radius 3 is 1.83 bits per heavy atom. The fourth-order valence-corrected chi connectivity index (χ4v) is 1.73. The molecular formula is C15H14O3. The van der Waals surface area contributed by atoms with Gasteiger partial charge in [-0.2, -0.15) is 0 Å². The summed E-state index contributed by atoms with van der Waals surface area (Å²) in [5.41, 5.74) is 2.66. The van der Waals surface area contributed by atoms with E-state index in [9.17, 15) is 4.79 Å². The smallest absolute Gasteiger partial charge is 0.150 e. The number of benzene rings is 2. The van der Waals surface area contributed by atoms with Gasteiger partial charge in [-0.05, 0) is 23.3 Å². The summed E-state index contributed by atoms with van der Waals surface area (Å²) in [6.07, 6.45) is 0.829. The fourth-order valence-electron chi connectivity index (χ4n) is 1.73. The summed E-state index contributed by atoms with van der Waals surface area (Å²) in [5, 5.41) is 0. The fraction of sp³-hybridized carbons (Fsp3) is 0.133. The van der Waals surface area contributed by atoms with Crippen molar-refractivity contribution in [2.24, 2.45) is 0 Å². The quantitative estimate of drug-likeness (QED) is 0.772. The molecule has 2 rings (SSSR count). The Hall–Kier alpha value is -2.29. The summed E-state index contributed by atoms with van der Waals surface area (Å²) >= 11 is 0. The molecule has 0 saturated carbocycles. The third-order valence-corrected chi connectivity index (χ3v) is 2.73. The Kier molecular flexibility index (Phi) is 3.63. The van der Waals surface area contributed by atoms with Crippen molar-refractivity contribution in [3.8, 4) is 22.6 Å². The molecule has 0 aliphatic rings. The van der Waals surface area contributed by atoms with E-state index in [4.69, 9.17) is 9.47 Å². The topological polar surface area (TPSA) is 35.5 Å². The van der Waals surface area contributed by atoms with Crippen molar-refractivity contribution in [1.82, 2.24) is 0 Å². The van der Waals surface area contributed by atoms with Gasteiger partial charge in [0.15, 0.2) is 0 Å². The first kappa shape index (κ1) is 12.2. The van der Waals surface area contributed by atoms with Crippen molar-refractivity contribution in [2.45, 2.75) is 0 Å². The predicted octanol–water partition coefficient (Wildman–Crippen LogP) is 3.18. The third-order valence-electron chi connectivity index (χ3n) is 2.73. The highest BCUT2D eigenvalue weighted by molar-refractivity contribution is 5.77. The molecule has 0 atom stereocenters. The number of hydrogen-bond acceptors (Lipinski definition) is 3.